The molecule has 3 aromatic rings. The monoisotopic (exact) mass is 631 g/mol. The van der Waals surface area contributed by atoms with E-state index in [1.165, 1.54) is 43.9 Å². The molecule has 2 aliphatic rings. The molecule has 0 saturated carbocycles. The van der Waals surface area contributed by atoms with Crippen molar-refractivity contribution in [2.24, 2.45) is 4.99 Å². The summed E-state index contributed by atoms with van der Waals surface area (Å²) in [7, 11) is -4.79. The van der Waals surface area contributed by atoms with Crippen LogP contribution < -0.4 is 15.2 Å². The SMILES string of the molecule is CC(=O)CCC(=O)O[C@H]1C[C@@H](n2cnc3c2NC=N[C@@H]3NC(=O)c2ccccc2)O[C@@H]1OP(=O)(O)Oc1ccc(Cl)cc1. The number of hydrogen-bond acceptors (Lipinski definition) is 11. The molecule has 1 amide bonds. The predicted octanol–water partition coefficient (Wildman–Crippen LogP) is 4.14. The van der Waals surface area contributed by atoms with E-state index in [0.717, 1.165) is 0 Å². The molecule has 0 aliphatic carbocycles. The molecule has 2 aromatic carbocycles. The Hall–Kier alpha value is -4.07. The van der Waals surface area contributed by atoms with Gasteiger partial charge in [-0.2, -0.15) is 0 Å². The number of Topliss-reactive ketones (excluding diaryl/α,β-unsaturated/α-hetero) is 1. The molecule has 0 bridgehead atoms. The number of aliphatic imine (C=N–C) groups is 1. The second-order valence-electron chi connectivity index (χ2n) is 9.59. The van der Waals surface area contributed by atoms with Gasteiger partial charge in [-0.15, -0.1) is 0 Å². The Morgan fingerprint density at radius 3 is 2.63 bits per heavy atom. The van der Waals surface area contributed by atoms with E-state index in [-0.39, 0.29) is 36.7 Å². The van der Waals surface area contributed by atoms with Gasteiger partial charge in [-0.3, -0.25) is 19.0 Å². The molecule has 14 nitrogen and oxygen atoms in total. The Morgan fingerprint density at radius 1 is 1.16 bits per heavy atom. The van der Waals surface area contributed by atoms with Crippen LogP contribution >= 0.6 is 19.4 Å². The highest BCUT2D eigenvalue weighted by atomic mass is 35.5. The molecular formula is C27H27ClN5O9P. The number of esters is 1. The normalized spacial score (nSPS) is 22.1. The number of hydrogen-bond donors (Lipinski definition) is 3. The number of phosphoric acid groups is 1. The number of carbonyl (C=O) groups is 3. The van der Waals surface area contributed by atoms with E-state index in [1.807, 2.05) is 0 Å². The maximum Gasteiger partial charge on any atom is 0.529 e. The van der Waals surface area contributed by atoms with Gasteiger partial charge in [0.05, 0.1) is 19.1 Å². The zero-order valence-corrected chi connectivity index (χ0v) is 24.3. The lowest BCUT2D eigenvalue weighted by Gasteiger charge is -2.22. The molecule has 5 rings (SSSR count). The first-order valence-electron chi connectivity index (χ1n) is 13.1. The third kappa shape index (κ3) is 7.66. The maximum atomic E-state index is 12.9. The molecule has 1 aromatic heterocycles. The van der Waals surface area contributed by atoms with E-state index in [2.05, 4.69) is 20.6 Å². The highest BCUT2D eigenvalue weighted by molar-refractivity contribution is 7.47. The molecule has 16 heteroatoms. The Kier molecular flexibility index (Phi) is 9.23. The number of halogens is 1. The number of benzene rings is 2. The largest absolute Gasteiger partial charge is 0.529 e. The second-order valence-corrected chi connectivity index (χ2v) is 11.4. The van der Waals surface area contributed by atoms with Crippen LogP contribution in [0.1, 0.15) is 54.6 Å². The minimum atomic E-state index is -4.79. The van der Waals surface area contributed by atoms with Crippen LogP contribution in [0, 0.1) is 0 Å². The topological polar surface area (TPSA) is 180 Å². The number of amides is 1. The average Bonchev–Trinajstić information content (AvgIpc) is 3.57. The van der Waals surface area contributed by atoms with Gasteiger partial charge in [-0.25, -0.2) is 19.1 Å². The number of ketones is 1. The van der Waals surface area contributed by atoms with Crippen LogP contribution in [0.4, 0.5) is 5.82 Å². The lowest BCUT2D eigenvalue weighted by Crippen LogP contribution is -2.30. The lowest BCUT2D eigenvalue weighted by molar-refractivity contribution is -0.170. The fourth-order valence-electron chi connectivity index (χ4n) is 4.36. The van der Waals surface area contributed by atoms with Gasteiger partial charge in [-0.05, 0) is 43.3 Å². The van der Waals surface area contributed by atoms with Gasteiger partial charge in [0.1, 0.15) is 29.3 Å². The lowest BCUT2D eigenvalue weighted by atomic mass is 10.2. The summed E-state index contributed by atoms with van der Waals surface area (Å²) in [5.74, 6) is -0.840. The smallest absolute Gasteiger partial charge is 0.457 e. The number of aromatic nitrogens is 2. The van der Waals surface area contributed by atoms with E-state index in [0.29, 0.717) is 22.1 Å². The van der Waals surface area contributed by atoms with Gasteiger partial charge in [0.15, 0.2) is 12.3 Å². The van der Waals surface area contributed by atoms with Crippen molar-refractivity contribution in [3.63, 3.8) is 0 Å². The Morgan fingerprint density at radius 2 is 1.91 bits per heavy atom. The number of rotatable bonds is 11. The number of nitrogens with one attached hydrogen (secondary N) is 2. The summed E-state index contributed by atoms with van der Waals surface area (Å²) < 4.78 is 36.3. The quantitative estimate of drug-likeness (QED) is 0.204. The Balaban J connectivity index is 1.33. The standard InChI is InChI=1S/C27H27ClN5O9P/c1-16(34)7-12-22(35)39-20-13-21(40-27(20)42-43(37,38)41-19-10-8-18(28)9-11-19)33-15-31-23-24(29-14-30-25(23)33)32-26(36)17-5-3-2-4-6-17/h2-6,8-11,14-15,20-21,24,27H,7,12-13H2,1H3,(H,29,30)(H,32,36)(H,37,38)/t20-,21-,24+,27+/m0/s1. The average molecular weight is 632 g/mol. The summed E-state index contributed by atoms with van der Waals surface area (Å²) in [5.41, 5.74) is 0.827. The van der Waals surface area contributed by atoms with Gasteiger partial charge in [0, 0.05) is 23.4 Å². The molecule has 2 aliphatic heterocycles. The fourth-order valence-corrected chi connectivity index (χ4v) is 5.36. The molecule has 3 N–H and O–H groups in total. The fraction of sp³-hybridized carbons (Fsp3) is 0.296. The molecular weight excluding hydrogens is 605 g/mol. The summed E-state index contributed by atoms with van der Waals surface area (Å²) in [5, 5.41) is 6.17. The number of phosphoric ester groups is 1. The first kappa shape index (κ1) is 30.4. The molecule has 3 heterocycles. The summed E-state index contributed by atoms with van der Waals surface area (Å²) in [4.78, 5) is 55.7. The summed E-state index contributed by atoms with van der Waals surface area (Å²) in [6, 6.07) is 14.3. The van der Waals surface area contributed by atoms with Crippen LogP contribution in [-0.4, -0.2) is 50.8 Å². The number of fused-ring (bicyclic) bond motifs is 1. The number of carbonyl (C=O) groups excluding carboxylic acids is 3. The molecule has 0 spiro atoms. The van der Waals surface area contributed by atoms with Gasteiger partial charge >= 0.3 is 13.8 Å². The van der Waals surface area contributed by atoms with Crippen molar-refractivity contribution in [3.05, 3.63) is 77.2 Å². The number of nitrogens with zero attached hydrogens (tertiary/aromatic N) is 3. The molecule has 0 radical (unpaired) electrons. The van der Waals surface area contributed by atoms with Crippen molar-refractivity contribution in [2.75, 3.05) is 5.32 Å². The minimum Gasteiger partial charge on any atom is -0.457 e. The van der Waals surface area contributed by atoms with E-state index in [4.69, 9.17) is 30.1 Å². The van der Waals surface area contributed by atoms with E-state index in [1.54, 1.807) is 34.9 Å². The van der Waals surface area contributed by atoms with E-state index >= 15 is 0 Å². The van der Waals surface area contributed by atoms with Crippen molar-refractivity contribution < 1.29 is 42.4 Å². The van der Waals surface area contributed by atoms with Crippen LogP contribution in [-0.2, 0) is 28.2 Å². The van der Waals surface area contributed by atoms with Crippen LogP contribution in [0.5, 0.6) is 5.75 Å². The summed E-state index contributed by atoms with van der Waals surface area (Å²) >= 11 is 5.86. The Bertz CT molecular complexity index is 1570. The van der Waals surface area contributed by atoms with Crippen molar-refractivity contribution in [3.8, 4) is 5.75 Å². The zero-order valence-electron chi connectivity index (χ0n) is 22.7. The van der Waals surface area contributed by atoms with Crippen LogP contribution in [0.3, 0.4) is 0 Å². The number of ether oxygens (including phenoxy) is 2. The first-order chi connectivity index (χ1) is 20.6. The molecule has 5 atom stereocenters. The number of imidazole rings is 1. The molecule has 1 saturated heterocycles. The first-order valence-corrected chi connectivity index (χ1v) is 15.0. The molecule has 43 heavy (non-hydrogen) atoms. The zero-order chi connectivity index (χ0) is 30.6. The number of anilines is 1. The van der Waals surface area contributed by atoms with Crippen LogP contribution in [0.2, 0.25) is 5.02 Å². The van der Waals surface area contributed by atoms with E-state index < -0.39 is 38.6 Å². The van der Waals surface area contributed by atoms with Gasteiger partial charge < -0.3 is 29.4 Å². The minimum absolute atomic E-state index is 0.00976. The maximum absolute atomic E-state index is 12.9. The highest BCUT2D eigenvalue weighted by Crippen LogP contribution is 2.49. The predicted molar refractivity (Wildman–Crippen MR) is 152 cm³/mol. The Labute approximate surface area is 250 Å². The molecule has 226 valence electrons. The van der Waals surface area contributed by atoms with Crippen molar-refractivity contribution in [1.29, 1.82) is 0 Å². The van der Waals surface area contributed by atoms with Crippen molar-refractivity contribution >= 4 is 49.2 Å². The van der Waals surface area contributed by atoms with Crippen LogP contribution in [0.25, 0.3) is 0 Å². The van der Waals surface area contributed by atoms with Gasteiger partial charge in [-0.1, -0.05) is 29.8 Å². The third-order valence-electron chi connectivity index (χ3n) is 6.38. The van der Waals surface area contributed by atoms with Crippen molar-refractivity contribution in [2.45, 2.75) is 51.0 Å². The van der Waals surface area contributed by atoms with Gasteiger partial charge in [0.2, 0.25) is 6.29 Å². The van der Waals surface area contributed by atoms with E-state index in [9.17, 15) is 23.8 Å². The highest BCUT2D eigenvalue weighted by Gasteiger charge is 2.45. The van der Waals surface area contributed by atoms with Crippen LogP contribution in [0.15, 0.2) is 65.9 Å². The van der Waals surface area contributed by atoms with Crippen molar-refractivity contribution in [1.82, 2.24) is 14.9 Å². The molecule has 1 fully saturated rings. The summed E-state index contributed by atoms with van der Waals surface area (Å²) in [6.45, 7) is 1.35. The second kappa shape index (κ2) is 13.1. The third-order valence-corrected chi connectivity index (χ3v) is 7.55. The summed E-state index contributed by atoms with van der Waals surface area (Å²) in [6.07, 6.45) is -1.81. The van der Waals surface area contributed by atoms with Gasteiger partial charge in [0.25, 0.3) is 5.91 Å². The molecule has 1 unspecified atom stereocenters.